The summed E-state index contributed by atoms with van der Waals surface area (Å²) in [7, 11) is 2.14. The van der Waals surface area contributed by atoms with Crippen LogP contribution < -0.4 is 10.1 Å². The van der Waals surface area contributed by atoms with Crippen LogP contribution in [-0.2, 0) is 4.79 Å². The van der Waals surface area contributed by atoms with Gasteiger partial charge in [-0.05, 0) is 43.3 Å². The molecule has 0 aromatic heterocycles. The summed E-state index contributed by atoms with van der Waals surface area (Å²) in [5.41, 5.74) is 1.71. The second-order valence-electron chi connectivity index (χ2n) is 9.14. The van der Waals surface area contributed by atoms with Crippen LogP contribution in [0.15, 0.2) is 54.6 Å². The number of hydrogen-bond donors (Lipinski definition) is 1. The molecule has 34 heavy (non-hydrogen) atoms. The Kier molecular flexibility index (Phi) is 10.6. The number of ketones is 1. The van der Waals surface area contributed by atoms with E-state index >= 15 is 0 Å². The summed E-state index contributed by atoms with van der Waals surface area (Å²) < 4.78 is 5.71. The molecule has 1 atom stereocenters. The maximum absolute atomic E-state index is 12.8. The fourth-order valence-electron chi connectivity index (χ4n) is 4.13. The highest BCUT2D eigenvalue weighted by molar-refractivity contribution is 5.98. The van der Waals surface area contributed by atoms with E-state index in [0.717, 1.165) is 63.3 Å². The number of unbranched alkanes of at least 4 members (excludes halogenated alkanes) is 2. The first kappa shape index (κ1) is 25.9. The molecule has 0 bridgehead atoms. The molecule has 0 saturated carbocycles. The Morgan fingerprint density at radius 2 is 1.65 bits per heavy atom. The van der Waals surface area contributed by atoms with Crippen molar-refractivity contribution in [3.8, 4) is 5.75 Å². The van der Waals surface area contributed by atoms with Gasteiger partial charge in [0.05, 0.1) is 12.6 Å². The number of Topliss-reactive ketones (excluding diaryl/α,β-unsaturated/α-hetero) is 1. The van der Waals surface area contributed by atoms with E-state index in [1.54, 1.807) is 12.1 Å². The summed E-state index contributed by atoms with van der Waals surface area (Å²) in [6, 6.07) is 17.2. The lowest BCUT2D eigenvalue weighted by molar-refractivity contribution is -0.122. The average Bonchev–Trinajstić information content (AvgIpc) is 2.87. The zero-order chi connectivity index (χ0) is 24.2. The number of ether oxygens (including phenoxy) is 1. The summed E-state index contributed by atoms with van der Waals surface area (Å²) >= 11 is 0. The van der Waals surface area contributed by atoms with Crippen molar-refractivity contribution in [1.82, 2.24) is 15.1 Å². The van der Waals surface area contributed by atoms with Gasteiger partial charge in [-0.25, -0.2) is 0 Å². The molecule has 6 nitrogen and oxygen atoms in total. The number of nitrogens with one attached hydrogen (secondary N) is 1. The van der Waals surface area contributed by atoms with Crippen molar-refractivity contribution in [3.05, 3.63) is 65.7 Å². The lowest BCUT2D eigenvalue weighted by atomic mass is 10.0. The van der Waals surface area contributed by atoms with Gasteiger partial charge in [0, 0.05) is 51.1 Å². The summed E-state index contributed by atoms with van der Waals surface area (Å²) in [5, 5.41) is 3.17. The summed E-state index contributed by atoms with van der Waals surface area (Å²) in [6.45, 7) is 7.68. The first-order chi connectivity index (χ1) is 16.5. The Bertz CT molecular complexity index is 878. The first-order valence-corrected chi connectivity index (χ1v) is 12.6. The fraction of sp³-hybridized carbons (Fsp3) is 0.500. The molecule has 0 spiro atoms. The molecule has 184 valence electrons. The van der Waals surface area contributed by atoms with E-state index in [4.69, 9.17) is 4.74 Å². The molecule has 0 radical (unpaired) electrons. The molecule has 1 aliphatic heterocycles. The van der Waals surface area contributed by atoms with Crippen molar-refractivity contribution in [2.24, 2.45) is 0 Å². The third kappa shape index (κ3) is 8.58. The molecule has 2 aromatic carbocycles. The minimum atomic E-state index is -0.0905. The summed E-state index contributed by atoms with van der Waals surface area (Å²) in [5.74, 6) is 0.662. The minimum absolute atomic E-state index is 0.0250. The van der Waals surface area contributed by atoms with Gasteiger partial charge in [-0.2, -0.15) is 0 Å². The molecule has 1 saturated heterocycles. The van der Waals surface area contributed by atoms with E-state index in [2.05, 4.69) is 41.2 Å². The van der Waals surface area contributed by atoms with Crippen LogP contribution in [0.25, 0.3) is 0 Å². The van der Waals surface area contributed by atoms with Crippen LogP contribution >= 0.6 is 0 Å². The number of benzene rings is 2. The predicted molar refractivity (Wildman–Crippen MR) is 136 cm³/mol. The van der Waals surface area contributed by atoms with Gasteiger partial charge >= 0.3 is 0 Å². The topological polar surface area (TPSA) is 61.9 Å². The Morgan fingerprint density at radius 1 is 0.941 bits per heavy atom. The molecule has 1 unspecified atom stereocenters. The zero-order valence-corrected chi connectivity index (χ0v) is 20.7. The third-order valence-electron chi connectivity index (χ3n) is 6.35. The van der Waals surface area contributed by atoms with Crippen molar-refractivity contribution in [1.29, 1.82) is 0 Å². The monoisotopic (exact) mass is 465 g/mol. The molecule has 1 heterocycles. The second kappa shape index (κ2) is 13.9. The molecule has 1 fully saturated rings. The molecule has 1 N–H and O–H groups in total. The smallest absolute Gasteiger partial charge is 0.220 e. The second-order valence-corrected chi connectivity index (χ2v) is 9.14. The quantitative estimate of drug-likeness (QED) is 0.353. The van der Waals surface area contributed by atoms with Gasteiger partial charge in [0.2, 0.25) is 5.91 Å². The molecular weight excluding hydrogens is 426 g/mol. The Morgan fingerprint density at radius 3 is 2.32 bits per heavy atom. The van der Waals surface area contributed by atoms with Crippen molar-refractivity contribution < 1.29 is 14.3 Å². The van der Waals surface area contributed by atoms with Crippen LogP contribution in [-0.4, -0.2) is 67.9 Å². The maximum Gasteiger partial charge on any atom is 0.220 e. The van der Waals surface area contributed by atoms with E-state index in [-0.39, 0.29) is 30.6 Å². The van der Waals surface area contributed by atoms with E-state index in [9.17, 15) is 9.59 Å². The van der Waals surface area contributed by atoms with Crippen molar-refractivity contribution >= 4 is 11.7 Å². The standard InChI is InChI=1S/C28H39N3O3/c1-3-4-8-21-34-25-13-11-24(12-14-25)27(32)15-16-28(33)29-26(23-9-6-5-7-10-23)22-31-19-17-30(2)18-20-31/h5-7,9-14,26H,3-4,8,15-22H2,1-2H3,(H,29,33). The van der Waals surface area contributed by atoms with Gasteiger partial charge in [0.15, 0.2) is 5.78 Å². The van der Waals surface area contributed by atoms with Crippen molar-refractivity contribution in [2.45, 2.75) is 45.1 Å². The van der Waals surface area contributed by atoms with Gasteiger partial charge in [-0.3, -0.25) is 14.5 Å². The number of hydrogen-bond acceptors (Lipinski definition) is 5. The highest BCUT2D eigenvalue weighted by atomic mass is 16.5. The van der Waals surface area contributed by atoms with E-state index in [1.807, 2.05) is 30.3 Å². The number of carbonyl (C=O) groups excluding carboxylic acids is 2. The van der Waals surface area contributed by atoms with Crippen LogP contribution in [0.4, 0.5) is 0 Å². The van der Waals surface area contributed by atoms with Gasteiger partial charge in [-0.15, -0.1) is 0 Å². The predicted octanol–water partition coefficient (Wildman–Crippen LogP) is 4.32. The Hall–Kier alpha value is -2.70. The minimum Gasteiger partial charge on any atom is -0.494 e. The van der Waals surface area contributed by atoms with Gasteiger partial charge < -0.3 is 15.0 Å². The summed E-state index contributed by atoms with van der Waals surface area (Å²) in [4.78, 5) is 30.1. The van der Waals surface area contributed by atoms with Crippen molar-refractivity contribution in [2.75, 3.05) is 46.4 Å². The van der Waals surface area contributed by atoms with Gasteiger partial charge in [0.25, 0.3) is 0 Å². The third-order valence-corrected chi connectivity index (χ3v) is 6.35. The SMILES string of the molecule is CCCCCOc1ccc(C(=O)CCC(=O)NC(CN2CCN(C)CC2)c2ccccc2)cc1. The van der Waals surface area contributed by atoms with Gasteiger partial charge in [0.1, 0.15) is 5.75 Å². The molecule has 6 heteroatoms. The highest BCUT2D eigenvalue weighted by Gasteiger charge is 2.21. The average molecular weight is 466 g/mol. The molecular formula is C28H39N3O3. The lowest BCUT2D eigenvalue weighted by Gasteiger charge is -2.35. The molecule has 2 aromatic rings. The lowest BCUT2D eigenvalue weighted by Crippen LogP contribution is -2.47. The van der Waals surface area contributed by atoms with Crippen molar-refractivity contribution in [3.63, 3.8) is 0 Å². The highest BCUT2D eigenvalue weighted by Crippen LogP contribution is 2.17. The number of likely N-dealkylation sites (N-methyl/N-ethyl adjacent to an activating group) is 1. The van der Waals surface area contributed by atoms with Crippen LogP contribution in [0.2, 0.25) is 0 Å². The molecule has 1 aliphatic rings. The number of amides is 1. The van der Waals surface area contributed by atoms with Crippen LogP contribution in [0, 0.1) is 0 Å². The number of nitrogens with zero attached hydrogens (tertiary/aromatic N) is 2. The fourth-order valence-corrected chi connectivity index (χ4v) is 4.13. The normalized spacial score (nSPS) is 15.6. The number of piperazine rings is 1. The first-order valence-electron chi connectivity index (χ1n) is 12.6. The molecule has 0 aliphatic carbocycles. The van der Waals surface area contributed by atoms with E-state index < -0.39 is 0 Å². The van der Waals surface area contributed by atoms with E-state index in [0.29, 0.717) is 12.2 Å². The van der Waals surface area contributed by atoms with E-state index in [1.165, 1.54) is 0 Å². The molecule has 3 rings (SSSR count). The maximum atomic E-state index is 12.8. The number of carbonyl (C=O) groups is 2. The van der Waals surface area contributed by atoms with Gasteiger partial charge in [-0.1, -0.05) is 50.1 Å². The van der Waals surface area contributed by atoms with Crippen LogP contribution in [0.5, 0.6) is 5.75 Å². The summed E-state index contributed by atoms with van der Waals surface area (Å²) in [6.07, 6.45) is 3.72. The largest absolute Gasteiger partial charge is 0.494 e. The zero-order valence-electron chi connectivity index (χ0n) is 20.7. The van der Waals surface area contributed by atoms with Crippen LogP contribution in [0.3, 0.4) is 0 Å². The Labute approximate surface area is 204 Å². The Balaban J connectivity index is 1.49. The molecule has 1 amide bonds. The van der Waals surface area contributed by atoms with Crippen LogP contribution in [0.1, 0.15) is 61.0 Å². The number of rotatable bonds is 13.